The Labute approximate surface area is 81.8 Å². The van der Waals surface area contributed by atoms with Gasteiger partial charge in [0.1, 0.15) is 5.75 Å². The molecule has 74 valence electrons. The van der Waals surface area contributed by atoms with Gasteiger partial charge in [-0.3, -0.25) is 9.89 Å². The van der Waals surface area contributed by atoms with Crippen LogP contribution in [-0.2, 0) is 0 Å². The van der Waals surface area contributed by atoms with Crippen LogP contribution in [-0.4, -0.2) is 30.8 Å². The molecule has 14 heavy (non-hydrogen) atoms. The summed E-state index contributed by atoms with van der Waals surface area (Å²) >= 11 is 0. The van der Waals surface area contributed by atoms with Crippen molar-refractivity contribution in [1.29, 1.82) is 0 Å². The second-order valence-electron chi connectivity index (χ2n) is 2.98. The maximum absolute atomic E-state index is 13.4. The van der Waals surface area contributed by atoms with Gasteiger partial charge in [-0.15, -0.1) is 0 Å². The standard InChI is InChI=1S/C10H11FN2O/c11-10(13-7-6-12-8-13)14-9-4-2-1-3-5-9/h1-5,8,10H,6-7H2. The molecule has 0 radical (unpaired) electrons. The zero-order valence-corrected chi connectivity index (χ0v) is 7.64. The largest absolute Gasteiger partial charge is 0.443 e. The van der Waals surface area contributed by atoms with E-state index in [0.29, 0.717) is 18.8 Å². The minimum atomic E-state index is -1.44. The molecule has 4 heteroatoms. The van der Waals surface area contributed by atoms with E-state index in [2.05, 4.69) is 4.99 Å². The highest BCUT2D eigenvalue weighted by Gasteiger charge is 2.18. The van der Waals surface area contributed by atoms with E-state index in [0.717, 1.165) is 0 Å². The first-order valence-corrected chi connectivity index (χ1v) is 4.48. The molecule has 0 aliphatic carbocycles. The lowest BCUT2D eigenvalue weighted by atomic mass is 10.3. The quantitative estimate of drug-likeness (QED) is 0.683. The molecule has 1 aromatic carbocycles. The molecular formula is C10H11FN2O. The smallest absolute Gasteiger partial charge is 0.321 e. The van der Waals surface area contributed by atoms with Gasteiger partial charge in [-0.1, -0.05) is 18.2 Å². The van der Waals surface area contributed by atoms with E-state index in [-0.39, 0.29) is 0 Å². The zero-order chi connectivity index (χ0) is 9.80. The Balaban J connectivity index is 1.94. The molecule has 0 saturated carbocycles. The van der Waals surface area contributed by atoms with Crippen LogP contribution in [0.25, 0.3) is 0 Å². The summed E-state index contributed by atoms with van der Waals surface area (Å²) < 4.78 is 18.5. The maximum Gasteiger partial charge on any atom is 0.321 e. The summed E-state index contributed by atoms with van der Waals surface area (Å²) in [4.78, 5) is 5.33. The summed E-state index contributed by atoms with van der Waals surface area (Å²) in [7, 11) is 0. The van der Waals surface area contributed by atoms with Crippen LogP contribution < -0.4 is 4.74 Å². The van der Waals surface area contributed by atoms with Gasteiger partial charge in [0, 0.05) is 6.54 Å². The van der Waals surface area contributed by atoms with E-state index < -0.39 is 6.48 Å². The monoisotopic (exact) mass is 194 g/mol. The van der Waals surface area contributed by atoms with Gasteiger partial charge >= 0.3 is 6.48 Å². The van der Waals surface area contributed by atoms with Gasteiger partial charge < -0.3 is 4.74 Å². The van der Waals surface area contributed by atoms with Crippen LogP contribution in [0.4, 0.5) is 4.39 Å². The Morgan fingerprint density at radius 3 is 2.79 bits per heavy atom. The predicted octanol–water partition coefficient (Wildman–Crippen LogP) is 1.66. The van der Waals surface area contributed by atoms with Crippen LogP contribution in [0.5, 0.6) is 5.75 Å². The third kappa shape index (κ3) is 2.02. The van der Waals surface area contributed by atoms with E-state index in [1.807, 2.05) is 6.07 Å². The van der Waals surface area contributed by atoms with Crippen molar-refractivity contribution in [1.82, 2.24) is 4.90 Å². The summed E-state index contributed by atoms with van der Waals surface area (Å²) in [5.74, 6) is 0.528. The van der Waals surface area contributed by atoms with Gasteiger partial charge in [-0.25, -0.2) is 0 Å². The topological polar surface area (TPSA) is 24.8 Å². The normalized spacial score (nSPS) is 17.1. The van der Waals surface area contributed by atoms with Crippen molar-refractivity contribution in [2.24, 2.45) is 4.99 Å². The molecule has 1 aromatic rings. The van der Waals surface area contributed by atoms with Crippen molar-refractivity contribution in [3.63, 3.8) is 0 Å². The molecule has 1 unspecified atom stereocenters. The number of hydrogen-bond donors (Lipinski definition) is 0. The number of nitrogens with zero attached hydrogens (tertiary/aromatic N) is 2. The van der Waals surface area contributed by atoms with Gasteiger partial charge in [-0.05, 0) is 12.1 Å². The molecule has 0 amide bonds. The average molecular weight is 194 g/mol. The fraction of sp³-hybridized carbons (Fsp3) is 0.300. The zero-order valence-electron chi connectivity index (χ0n) is 7.64. The Kier molecular flexibility index (Phi) is 2.62. The van der Waals surface area contributed by atoms with Crippen molar-refractivity contribution in [3.05, 3.63) is 30.3 Å². The van der Waals surface area contributed by atoms with Gasteiger partial charge in [0.05, 0.1) is 12.9 Å². The molecule has 1 heterocycles. The lowest BCUT2D eigenvalue weighted by molar-refractivity contribution is -0.0278. The Morgan fingerprint density at radius 1 is 1.36 bits per heavy atom. The molecule has 0 bridgehead atoms. The number of hydrogen-bond acceptors (Lipinski definition) is 3. The van der Waals surface area contributed by atoms with Crippen molar-refractivity contribution in [2.75, 3.05) is 13.1 Å². The number of aliphatic imine (C=N–C) groups is 1. The summed E-state index contributed by atoms with van der Waals surface area (Å²) in [5.41, 5.74) is 0. The second kappa shape index (κ2) is 4.09. The molecular weight excluding hydrogens is 183 g/mol. The van der Waals surface area contributed by atoms with Gasteiger partial charge in [0.15, 0.2) is 0 Å². The average Bonchev–Trinajstić information content (AvgIpc) is 2.72. The first-order valence-electron chi connectivity index (χ1n) is 4.48. The number of halogens is 1. The number of para-hydroxylation sites is 1. The van der Waals surface area contributed by atoms with Crippen molar-refractivity contribution in [3.8, 4) is 5.75 Å². The first-order chi connectivity index (χ1) is 6.86. The number of alkyl halides is 1. The summed E-state index contributed by atoms with van der Waals surface area (Å²) in [6.07, 6.45) is 1.48. The maximum atomic E-state index is 13.4. The summed E-state index contributed by atoms with van der Waals surface area (Å²) in [6, 6.07) is 8.91. The fourth-order valence-corrected chi connectivity index (χ4v) is 1.23. The highest BCUT2D eigenvalue weighted by Crippen LogP contribution is 2.13. The minimum Gasteiger partial charge on any atom is -0.443 e. The first kappa shape index (κ1) is 8.99. The van der Waals surface area contributed by atoms with E-state index in [4.69, 9.17) is 4.74 Å². The van der Waals surface area contributed by atoms with E-state index >= 15 is 0 Å². The van der Waals surface area contributed by atoms with Gasteiger partial charge in [-0.2, -0.15) is 4.39 Å². The molecule has 0 fully saturated rings. The van der Waals surface area contributed by atoms with E-state index in [1.165, 1.54) is 11.2 Å². The highest BCUT2D eigenvalue weighted by molar-refractivity contribution is 5.57. The number of rotatable bonds is 3. The lowest BCUT2D eigenvalue weighted by Gasteiger charge is -2.19. The summed E-state index contributed by atoms with van der Waals surface area (Å²) in [6.45, 7) is -0.226. The third-order valence-electron chi connectivity index (χ3n) is 1.95. The molecule has 0 aromatic heterocycles. The van der Waals surface area contributed by atoms with Crippen LogP contribution >= 0.6 is 0 Å². The van der Waals surface area contributed by atoms with Crippen molar-refractivity contribution < 1.29 is 9.13 Å². The van der Waals surface area contributed by atoms with Crippen LogP contribution in [0.2, 0.25) is 0 Å². The van der Waals surface area contributed by atoms with Crippen LogP contribution in [0.1, 0.15) is 0 Å². The molecule has 2 rings (SSSR count). The summed E-state index contributed by atoms with van der Waals surface area (Å²) in [5, 5.41) is 0. The molecule has 1 aliphatic heterocycles. The molecule has 1 atom stereocenters. The third-order valence-corrected chi connectivity index (χ3v) is 1.95. The number of ether oxygens (including phenoxy) is 1. The number of benzene rings is 1. The van der Waals surface area contributed by atoms with E-state index in [1.54, 1.807) is 24.3 Å². The molecule has 0 saturated heterocycles. The van der Waals surface area contributed by atoms with Crippen molar-refractivity contribution in [2.45, 2.75) is 6.48 Å². The Hall–Kier alpha value is -1.58. The van der Waals surface area contributed by atoms with Crippen LogP contribution in [0.3, 0.4) is 0 Å². The minimum absolute atomic E-state index is 0.528. The van der Waals surface area contributed by atoms with E-state index in [9.17, 15) is 4.39 Å². The Morgan fingerprint density at radius 2 is 2.14 bits per heavy atom. The van der Waals surface area contributed by atoms with Crippen LogP contribution in [0, 0.1) is 0 Å². The lowest BCUT2D eigenvalue weighted by Crippen LogP contribution is -2.33. The second-order valence-corrected chi connectivity index (χ2v) is 2.98. The Bertz CT molecular complexity index is 315. The predicted molar refractivity (Wildman–Crippen MR) is 52.0 cm³/mol. The van der Waals surface area contributed by atoms with Crippen LogP contribution in [0.15, 0.2) is 35.3 Å². The van der Waals surface area contributed by atoms with Gasteiger partial charge in [0.2, 0.25) is 0 Å². The van der Waals surface area contributed by atoms with Crippen molar-refractivity contribution >= 4 is 6.34 Å². The molecule has 1 aliphatic rings. The SMILES string of the molecule is FC(Oc1ccccc1)N1C=NCC1. The van der Waals surface area contributed by atoms with Gasteiger partial charge in [0.25, 0.3) is 0 Å². The highest BCUT2D eigenvalue weighted by atomic mass is 19.1. The molecule has 0 spiro atoms. The fourth-order valence-electron chi connectivity index (χ4n) is 1.23. The molecule has 3 nitrogen and oxygen atoms in total. The molecule has 0 N–H and O–H groups in total.